The molecule has 1 aliphatic rings. The molecule has 1 unspecified atom stereocenters. The highest BCUT2D eigenvalue weighted by Crippen LogP contribution is 2.30. The van der Waals surface area contributed by atoms with Gasteiger partial charge in [0, 0.05) is 17.3 Å². The molecule has 1 aliphatic carbocycles. The fourth-order valence-electron chi connectivity index (χ4n) is 2.02. The van der Waals surface area contributed by atoms with Gasteiger partial charge >= 0.3 is 0 Å². The summed E-state index contributed by atoms with van der Waals surface area (Å²) in [7, 11) is 1.99. The average Bonchev–Trinajstić information content (AvgIpc) is 2.47. The second-order valence-electron chi connectivity index (χ2n) is 3.41. The molecule has 1 aromatic rings. The Morgan fingerprint density at radius 2 is 2.38 bits per heavy atom. The van der Waals surface area contributed by atoms with E-state index in [0.29, 0.717) is 10.8 Å². The van der Waals surface area contributed by atoms with Gasteiger partial charge in [-0.15, -0.1) is 0 Å². The maximum absolute atomic E-state index is 5.03. The summed E-state index contributed by atoms with van der Waals surface area (Å²) in [6.45, 7) is 2.06. The van der Waals surface area contributed by atoms with Crippen LogP contribution in [0.3, 0.4) is 0 Å². The first kappa shape index (κ1) is 8.84. The van der Waals surface area contributed by atoms with Crippen LogP contribution in [0.5, 0.6) is 0 Å². The molecule has 0 aromatic carbocycles. The lowest BCUT2D eigenvalue weighted by Gasteiger charge is -2.11. The summed E-state index contributed by atoms with van der Waals surface area (Å²) in [5, 5.41) is 3.29. The fraction of sp³-hybridized carbons (Fsp3) is 0.556. The summed E-state index contributed by atoms with van der Waals surface area (Å²) in [4.78, 5) is 7.43. The van der Waals surface area contributed by atoms with Crippen molar-refractivity contribution in [1.29, 1.82) is 0 Å². The van der Waals surface area contributed by atoms with Crippen molar-refractivity contribution < 1.29 is 0 Å². The number of aromatic nitrogens is 2. The van der Waals surface area contributed by atoms with Gasteiger partial charge in [0.15, 0.2) is 4.77 Å². The van der Waals surface area contributed by atoms with E-state index in [9.17, 15) is 0 Å². The third-order valence-electron chi connectivity index (χ3n) is 2.61. The summed E-state index contributed by atoms with van der Waals surface area (Å²) in [5.41, 5.74) is 3.64. The van der Waals surface area contributed by atoms with E-state index >= 15 is 0 Å². The van der Waals surface area contributed by atoms with E-state index in [4.69, 9.17) is 12.2 Å². The zero-order chi connectivity index (χ0) is 9.42. The van der Waals surface area contributed by atoms with Crippen molar-refractivity contribution in [1.82, 2.24) is 15.3 Å². The van der Waals surface area contributed by atoms with Gasteiger partial charge in [-0.1, -0.05) is 0 Å². The van der Waals surface area contributed by atoms with Crippen molar-refractivity contribution in [3.05, 3.63) is 21.7 Å². The first-order chi connectivity index (χ1) is 6.22. The van der Waals surface area contributed by atoms with Gasteiger partial charge in [0.1, 0.15) is 0 Å². The molecule has 70 valence electrons. The van der Waals surface area contributed by atoms with Crippen molar-refractivity contribution in [3.8, 4) is 0 Å². The van der Waals surface area contributed by atoms with Crippen molar-refractivity contribution >= 4 is 12.2 Å². The molecule has 0 saturated carbocycles. The minimum Gasteiger partial charge on any atom is -0.334 e. The summed E-state index contributed by atoms with van der Waals surface area (Å²) in [6.07, 6.45) is 2.17. The van der Waals surface area contributed by atoms with Crippen LogP contribution < -0.4 is 5.32 Å². The second-order valence-corrected chi connectivity index (χ2v) is 3.79. The van der Waals surface area contributed by atoms with Crippen molar-refractivity contribution in [3.63, 3.8) is 0 Å². The highest BCUT2D eigenvalue weighted by Gasteiger charge is 2.24. The Morgan fingerprint density at radius 3 is 3.08 bits per heavy atom. The van der Waals surface area contributed by atoms with Gasteiger partial charge in [-0.25, -0.2) is 4.98 Å². The largest absolute Gasteiger partial charge is 0.334 e. The molecule has 1 heterocycles. The molecule has 3 nitrogen and oxygen atoms in total. The second kappa shape index (κ2) is 3.20. The van der Waals surface area contributed by atoms with Gasteiger partial charge in [0.05, 0.1) is 5.69 Å². The van der Waals surface area contributed by atoms with Crippen LogP contribution in [0.4, 0.5) is 0 Å². The maximum Gasteiger partial charge on any atom is 0.197 e. The number of nitrogens with one attached hydrogen (secondary N) is 2. The van der Waals surface area contributed by atoms with Crippen LogP contribution in [0.25, 0.3) is 0 Å². The number of aromatic amines is 1. The number of hydrogen-bond donors (Lipinski definition) is 2. The monoisotopic (exact) mass is 195 g/mol. The fourth-order valence-corrected chi connectivity index (χ4v) is 2.29. The Kier molecular flexibility index (Phi) is 2.17. The van der Waals surface area contributed by atoms with E-state index in [2.05, 4.69) is 22.2 Å². The minimum absolute atomic E-state index is 0.453. The van der Waals surface area contributed by atoms with E-state index in [1.807, 2.05) is 7.05 Å². The standard InChI is InChI=1S/C9H13N3S/c1-5-8-6(10-2)3-4-7(8)12-9(13)11-5/h6,10H,3-4H2,1-2H3,(H,11,12,13). The molecule has 4 heteroatoms. The molecule has 1 aromatic heterocycles. The predicted molar refractivity (Wildman–Crippen MR) is 54.3 cm³/mol. The lowest BCUT2D eigenvalue weighted by Crippen LogP contribution is -2.14. The molecular weight excluding hydrogens is 182 g/mol. The smallest absolute Gasteiger partial charge is 0.197 e. The van der Waals surface area contributed by atoms with E-state index in [1.54, 1.807) is 0 Å². The Bertz CT molecular complexity index is 383. The summed E-state index contributed by atoms with van der Waals surface area (Å²) >= 11 is 5.03. The number of rotatable bonds is 1. The molecule has 2 rings (SSSR count). The number of nitrogens with zero attached hydrogens (tertiary/aromatic N) is 1. The molecule has 0 fully saturated rings. The Labute approximate surface area is 82.6 Å². The SMILES string of the molecule is CNC1CCc2nc(=S)[nH]c(C)c21. The Morgan fingerprint density at radius 1 is 1.62 bits per heavy atom. The number of aryl methyl sites for hydroxylation is 2. The zero-order valence-electron chi connectivity index (χ0n) is 7.85. The average molecular weight is 195 g/mol. The summed E-state index contributed by atoms with van der Waals surface area (Å²) in [5.74, 6) is 0. The van der Waals surface area contributed by atoms with Gasteiger partial charge < -0.3 is 10.3 Å². The Balaban J connectivity index is 2.58. The number of H-pyrrole nitrogens is 1. The third kappa shape index (κ3) is 1.40. The van der Waals surface area contributed by atoms with E-state index in [0.717, 1.165) is 18.5 Å². The van der Waals surface area contributed by atoms with Crippen LogP contribution in [0.1, 0.15) is 29.4 Å². The third-order valence-corrected chi connectivity index (χ3v) is 2.81. The molecule has 0 radical (unpaired) electrons. The highest BCUT2D eigenvalue weighted by molar-refractivity contribution is 7.71. The quantitative estimate of drug-likeness (QED) is 0.669. The molecule has 1 atom stereocenters. The van der Waals surface area contributed by atoms with E-state index < -0.39 is 0 Å². The number of fused-ring (bicyclic) bond motifs is 1. The molecule has 13 heavy (non-hydrogen) atoms. The minimum atomic E-state index is 0.453. The normalized spacial score (nSPS) is 20.3. The predicted octanol–water partition coefficient (Wildman–Crippen LogP) is 1.65. The summed E-state index contributed by atoms with van der Waals surface area (Å²) < 4.78 is 0.605. The first-order valence-corrected chi connectivity index (χ1v) is 4.90. The molecular formula is C9H13N3S. The van der Waals surface area contributed by atoms with E-state index in [1.165, 1.54) is 11.3 Å². The van der Waals surface area contributed by atoms with Crippen molar-refractivity contribution in [2.75, 3.05) is 7.05 Å². The van der Waals surface area contributed by atoms with Crippen LogP contribution in [0.15, 0.2) is 0 Å². The molecule has 2 N–H and O–H groups in total. The molecule has 0 aliphatic heterocycles. The van der Waals surface area contributed by atoms with Gasteiger partial charge in [0.2, 0.25) is 0 Å². The molecule has 0 bridgehead atoms. The molecule has 0 saturated heterocycles. The molecule has 0 amide bonds. The zero-order valence-corrected chi connectivity index (χ0v) is 8.66. The number of hydrogen-bond acceptors (Lipinski definition) is 3. The van der Waals surface area contributed by atoms with Gasteiger partial charge in [-0.3, -0.25) is 0 Å². The van der Waals surface area contributed by atoms with Crippen LogP contribution in [0.2, 0.25) is 0 Å². The van der Waals surface area contributed by atoms with Crippen molar-refractivity contribution in [2.24, 2.45) is 0 Å². The van der Waals surface area contributed by atoms with Crippen LogP contribution >= 0.6 is 12.2 Å². The maximum atomic E-state index is 5.03. The van der Waals surface area contributed by atoms with Crippen LogP contribution in [-0.4, -0.2) is 17.0 Å². The topological polar surface area (TPSA) is 40.7 Å². The van der Waals surface area contributed by atoms with Crippen LogP contribution in [0, 0.1) is 11.7 Å². The van der Waals surface area contributed by atoms with E-state index in [-0.39, 0.29) is 0 Å². The van der Waals surface area contributed by atoms with Crippen LogP contribution in [-0.2, 0) is 6.42 Å². The lowest BCUT2D eigenvalue weighted by molar-refractivity contribution is 0.586. The molecule has 0 spiro atoms. The summed E-state index contributed by atoms with van der Waals surface area (Å²) in [6, 6.07) is 0.453. The van der Waals surface area contributed by atoms with Gasteiger partial charge in [-0.05, 0) is 39.0 Å². The highest BCUT2D eigenvalue weighted by atomic mass is 32.1. The van der Waals surface area contributed by atoms with Crippen molar-refractivity contribution in [2.45, 2.75) is 25.8 Å². The van der Waals surface area contributed by atoms with Gasteiger partial charge in [0.25, 0.3) is 0 Å². The van der Waals surface area contributed by atoms with Gasteiger partial charge in [-0.2, -0.15) is 0 Å². The Hall–Kier alpha value is -0.740. The first-order valence-electron chi connectivity index (χ1n) is 4.49. The lowest BCUT2D eigenvalue weighted by atomic mass is 10.1.